The SMILES string of the molecule is CCOCc1cc(C)c(-c2ccc(C[C@H](NC(=O)c3c(F)cccc3F)C(C)=O)cc2)c(OC)c1. The van der Waals surface area contributed by atoms with E-state index in [1.807, 2.05) is 44.2 Å². The van der Waals surface area contributed by atoms with Gasteiger partial charge in [0.15, 0.2) is 5.78 Å². The first kappa shape index (κ1) is 26.0. The molecule has 0 spiro atoms. The minimum Gasteiger partial charge on any atom is -0.496 e. The topological polar surface area (TPSA) is 64.6 Å². The minimum absolute atomic E-state index is 0.181. The summed E-state index contributed by atoms with van der Waals surface area (Å²) in [5, 5.41) is 2.46. The molecule has 1 atom stereocenters. The quantitative estimate of drug-likeness (QED) is 0.420. The standard InChI is InChI=1S/C28H29F2NO4/c1-5-35-16-20-13-17(2)26(25(15-20)34-4)21-11-9-19(10-12-21)14-24(18(3)32)31-28(33)27-22(29)7-6-8-23(27)30/h6-13,15,24H,5,14,16H2,1-4H3,(H,31,33)/t24-/m0/s1. The van der Waals surface area contributed by atoms with Crippen molar-refractivity contribution in [3.05, 3.63) is 88.5 Å². The molecule has 0 fully saturated rings. The highest BCUT2D eigenvalue weighted by Gasteiger charge is 2.23. The number of Topliss-reactive ketones (excluding diaryl/α,β-unsaturated/α-hetero) is 1. The first-order chi connectivity index (χ1) is 16.7. The van der Waals surface area contributed by atoms with E-state index in [9.17, 15) is 18.4 Å². The van der Waals surface area contributed by atoms with E-state index in [-0.39, 0.29) is 12.2 Å². The molecule has 5 nitrogen and oxygen atoms in total. The Kier molecular flexibility index (Phi) is 8.71. The van der Waals surface area contributed by atoms with Gasteiger partial charge in [-0.1, -0.05) is 36.4 Å². The van der Waals surface area contributed by atoms with Crippen LogP contribution in [0.15, 0.2) is 54.6 Å². The average molecular weight is 482 g/mol. The van der Waals surface area contributed by atoms with Crippen LogP contribution in [0.25, 0.3) is 11.1 Å². The molecule has 184 valence electrons. The van der Waals surface area contributed by atoms with Crippen LogP contribution in [0.1, 0.15) is 40.9 Å². The van der Waals surface area contributed by atoms with Crippen molar-refractivity contribution in [2.45, 2.75) is 39.8 Å². The first-order valence-corrected chi connectivity index (χ1v) is 11.3. The summed E-state index contributed by atoms with van der Waals surface area (Å²) in [6.45, 7) is 6.41. The third kappa shape index (κ3) is 6.31. The Morgan fingerprint density at radius 2 is 1.66 bits per heavy atom. The van der Waals surface area contributed by atoms with E-state index in [0.29, 0.717) is 13.2 Å². The number of ketones is 1. The van der Waals surface area contributed by atoms with Gasteiger partial charge in [0.05, 0.1) is 19.8 Å². The molecule has 35 heavy (non-hydrogen) atoms. The number of hydrogen-bond donors (Lipinski definition) is 1. The van der Waals surface area contributed by atoms with Gasteiger partial charge in [-0.25, -0.2) is 8.78 Å². The third-order valence-corrected chi connectivity index (χ3v) is 5.72. The highest BCUT2D eigenvalue weighted by Crippen LogP contribution is 2.35. The summed E-state index contributed by atoms with van der Waals surface area (Å²) >= 11 is 0. The molecule has 1 N–H and O–H groups in total. The fourth-order valence-electron chi connectivity index (χ4n) is 3.95. The lowest BCUT2D eigenvalue weighted by molar-refractivity contribution is -0.118. The van der Waals surface area contributed by atoms with E-state index in [1.54, 1.807) is 7.11 Å². The molecule has 0 aliphatic rings. The van der Waals surface area contributed by atoms with Crippen LogP contribution >= 0.6 is 0 Å². The maximum absolute atomic E-state index is 14.0. The zero-order valence-electron chi connectivity index (χ0n) is 20.3. The zero-order chi connectivity index (χ0) is 25.5. The summed E-state index contributed by atoms with van der Waals surface area (Å²) in [6.07, 6.45) is 0.181. The molecule has 1 amide bonds. The molecule has 0 aromatic heterocycles. The summed E-state index contributed by atoms with van der Waals surface area (Å²) < 4.78 is 39.1. The van der Waals surface area contributed by atoms with E-state index < -0.39 is 29.1 Å². The molecule has 3 aromatic rings. The van der Waals surface area contributed by atoms with Gasteiger partial charge in [0.25, 0.3) is 5.91 Å². The lowest BCUT2D eigenvalue weighted by Crippen LogP contribution is -2.42. The Hall–Kier alpha value is -3.58. The maximum atomic E-state index is 14.0. The van der Waals surface area contributed by atoms with E-state index in [2.05, 4.69) is 11.4 Å². The Morgan fingerprint density at radius 1 is 1.00 bits per heavy atom. The molecule has 0 saturated heterocycles. The molecule has 0 saturated carbocycles. The number of carbonyl (C=O) groups excluding carboxylic acids is 2. The van der Waals surface area contributed by atoms with E-state index in [4.69, 9.17) is 9.47 Å². The van der Waals surface area contributed by atoms with Gasteiger partial charge in [0.1, 0.15) is 22.9 Å². The average Bonchev–Trinajstić information content (AvgIpc) is 2.82. The van der Waals surface area contributed by atoms with Gasteiger partial charge >= 0.3 is 0 Å². The van der Waals surface area contributed by atoms with Crippen LogP contribution in [0, 0.1) is 18.6 Å². The smallest absolute Gasteiger partial charge is 0.257 e. The molecule has 3 rings (SSSR count). The van der Waals surface area contributed by atoms with Crippen LogP contribution in [0.3, 0.4) is 0 Å². The van der Waals surface area contributed by atoms with Crippen LogP contribution in [-0.2, 0) is 22.6 Å². The molecule has 7 heteroatoms. The summed E-state index contributed by atoms with van der Waals surface area (Å²) in [5.41, 5.74) is 4.02. The van der Waals surface area contributed by atoms with Crippen molar-refractivity contribution >= 4 is 11.7 Å². The number of methoxy groups -OCH3 is 1. The molecule has 0 aliphatic carbocycles. The lowest BCUT2D eigenvalue weighted by Gasteiger charge is -2.18. The summed E-state index contributed by atoms with van der Waals surface area (Å²) in [4.78, 5) is 24.6. The predicted octanol–water partition coefficient (Wildman–Crippen LogP) is 5.42. The number of hydrogen-bond acceptors (Lipinski definition) is 4. The minimum atomic E-state index is -0.981. The van der Waals surface area contributed by atoms with Gasteiger partial charge in [-0.15, -0.1) is 0 Å². The fourth-order valence-corrected chi connectivity index (χ4v) is 3.95. The highest BCUT2D eigenvalue weighted by molar-refractivity contribution is 5.98. The number of rotatable bonds is 10. The van der Waals surface area contributed by atoms with Crippen molar-refractivity contribution in [1.29, 1.82) is 0 Å². The Labute approximate surface area is 204 Å². The van der Waals surface area contributed by atoms with Gasteiger partial charge in [0, 0.05) is 12.2 Å². The number of aryl methyl sites for hydroxylation is 1. The fraction of sp³-hybridized carbons (Fsp3) is 0.286. The summed E-state index contributed by atoms with van der Waals surface area (Å²) in [5.74, 6) is -2.52. The Bertz CT molecular complexity index is 1190. The molecule has 0 unspecified atom stereocenters. The molecule has 0 aliphatic heterocycles. The Balaban J connectivity index is 1.80. The number of nitrogens with one attached hydrogen (secondary N) is 1. The summed E-state index contributed by atoms with van der Waals surface area (Å²) in [6, 6.07) is 13.8. The van der Waals surface area contributed by atoms with E-state index in [0.717, 1.165) is 45.7 Å². The molecular weight excluding hydrogens is 452 g/mol. The molecule has 0 bridgehead atoms. The second kappa shape index (κ2) is 11.7. The van der Waals surface area contributed by atoms with Gasteiger partial charge in [-0.2, -0.15) is 0 Å². The molecule has 3 aromatic carbocycles. The molecule has 0 radical (unpaired) electrons. The number of carbonyl (C=O) groups is 2. The largest absolute Gasteiger partial charge is 0.496 e. The highest BCUT2D eigenvalue weighted by atomic mass is 19.1. The Morgan fingerprint density at radius 3 is 2.23 bits per heavy atom. The van der Waals surface area contributed by atoms with Crippen LogP contribution in [0.5, 0.6) is 5.75 Å². The third-order valence-electron chi connectivity index (χ3n) is 5.72. The first-order valence-electron chi connectivity index (χ1n) is 11.3. The van der Waals surface area contributed by atoms with E-state index >= 15 is 0 Å². The lowest BCUT2D eigenvalue weighted by atomic mass is 9.95. The van der Waals surface area contributed by atoms with Gasteiger partial charge < -0.3 is 14.8 Å². The normalized spacial score (nSPS) is 11.7. The van der Waals surface area contributed by atoms with Gasteiger partial charge in [-0.05, 0) is 67.6 Å². The van der Waals surface area contributed by atoms with Crippen molar-refractivity contribution < 1.29 is 27.8 Å². The summed E-state index contributed by atoms with van der Waals surface area (Å²) in [7, 11) is 1.62. The number of amides is 1. The van der Waals surface area contributed by atoms with Gasteiger partial charge in [-0.3, -0.25) is 9.59 Å². The predicted molar refractivity (Wildman–Crippen MR) is 130 cm³/mol. The monoisotopic (exact) mass is 481 g/mol. The number of benzene rings is 3. The van der Waals surface area contributed by atoms with Crippen molar-refractivity contribution in [1.82, 2.24) is 5.32 Å². The van der Waals surface area contributed by atoms with Crippen molar-refractivity contribution in [2.24, 2.45) is 0 Å². The second-order valence-electron chi connectivity index (χ2n) is 8.26. The number of halogens is 2. The van der Waals surface area contributed by atoms with Crippen molar-refractivity contribution in [3.63, 3.8) is 0 Å². The van der Waals surface area contributed by atoms with Crippen LogP contribution in [-0.4, -0.2) is 31.4 Å². The van der Waals surface area contributed by atoms with Crippen LogP contribution in [0.2, 0.25) is 0 Å². The zero-order valence-corrected chi connectivity index (χ0v) is 20.3. The second-order valence-corrected chi connectivity index (χ2v) is 8.26. The van der Waals surface area contributed by atoms with Gasteiger partial charge in [0.2, 0.25) is 0 Å². The maximum Gasteiger partial charge on any atom is 0.257 e. The van der Waals surface area contributed by atoms with Crippen molar-refractivity contribution in [3.8, 4) is 16.9 Å². The number of ether oxygens (including phenoxy) is 2. The van der Waals surface area contributed by atoms with E-state index in [1.165, 1.54) is 13.0 Å². The van der Waals surface area contributed by atoms with Crippen LogP contribution < -0.4 is 10.1 Å². The molecule has 0 heterocycles. The van der Waals surface area contributed by atoms with Crippen LogP contribution in [0.4, 0.5) is 8.78 Å². The molecular formula is C28H29F2NO4. The van der Waals surface area contributed by atoms with Crippen molar-refractivity contribution in [2.75, 3.05) is 13.7 Å².